The second-order valence-electron chi connectivity index (χ2n) is 6.95. The molecule has 27 heavy (non-hydrogen) atoms. The lowest BCUT2D eigenvalue weighted by atomic mass is 9.99. The molecule has 152 valence electrons. The van der Waals surface area contributed by atoms with E-state index in [4.69, 9.17) is 4.74 Å². The molecule has 0 aliphatic carbocycles. The first kappa shape index (κ1) is 23.5. The molecule has 0 saturated carbocycles. The summed E-state index contributed by atoms with van der Waals surface area (Å²) in [6.45, 7) is 5.49. The van der Waals surface area contributed by atoms with Crippen LogP contribution in [0, 0.1) is 11.8 Å². The van der Waals surface area contributed by atoms with Crippen molar-refractivity contribution in [1.82, 2.24) is 10.2 Å². The van der Waals surface area contributed by atoms with E-state index in [0.717, 1.165) is 38.4 Å². The SMILES string of the molecule is CN=C(NCCCCN(C)c1ccccc1)N1CC(C)C(C(=O)OC)C1.I. The lowest BCUT2D eigenvalue weighted by Crippen LogP contribution is -2.41. The molecule has 1 aromatic carbocycles. The Labute approximate surface area is 180 Å². The Morgan fingerprint density at radius 2 is 2.00 bits per heavy atom. The van der Waals surface area contributed by atoms with Crippen LogP contribution < -0.4 is 10.2 Å². The summed E-state index contributed by atoms with van der Waals surface area (Å²) in [6.07, 6.45) is 2.18. The van der Waals surface area contributed by atoms with Crippen molar-refractivity contribution in [3.05, 3.63) is 30.3 Å². The van der Waals surface area contributed by atoms with Crippen LogP contribution in [0.3, 0.4) is 0 Å². The normalized spacial score (nSPS) is 19.4. The van der Waals surface area contributed by atoms with Gasteiger partial charge in [0.2, 0.25) is 0 Å². The maximum atomic E-state index is 11.8. The molecular formula is C20H33IN4O2. The Bertz CT molecular complexity index is 597. The van der Waals surface area contributed by atoms with Gasteiger partial charge in [-0.2, -0.15) is 0 Å². The van der Waals surface area contributed by atoms with Gasteiger partial charge in [-0.1, -0.05) is 25.1 Å². The quantitative estimate of drug-likeness (QED) is 0.210. The number of esters is 1. The van der Waals surface area contributed by atoms with Gasteiger partial charge in [0, 0.05) is 46.0 Å². The van der Waals surface area contributed by atoms with Gasteiger partial charge in [0.1, 0.15) is 0 Å². The minimum Gasteiger partial charge on any atom is -0.469 e. The molecule has 0 radical (unpaired) electrons. The Hall–Kier alpha value is -1.51. The Morgan fingerprint density at radius 1 is 1.30 bits per heavy atom. The lowest BCUT2D eigenvalue weighted by Gasteiger charge is -2.22. The van der Waals surface area contributed by atoms with Gasteiger partial charge >= 0.3 is 5.97 Å². The number of guanidine groups is 1. The van der Waals surface area contributed by atoms with Crippen LogP contribution in [0.15, 0.2) is 35.3 Å². The molecule has 1 heterocycles. The molecule has 0 spiro atoms. The number of carbonyl (C=O) groups is 1. The molecule has 1 fully saturated rings. The van der Waals surface area contributed by atoms with Crippen molar-refractivity contribution in [3.63, 3.8) is 0 Å². The number of ether oxygens (including phenoxy) is 1. The van der Waals surface area contributed by atoms with Crippen LogP contribution in [-0.2, 0) is 9.53 Å². The maximum Gasteiger partial charge on any atom is 0.310 e. The van der Waals surface area contributed by atoms with Crippen LogP contribution >= 0.6 is 24.0 Å². The zero-order valence-electron chi connectivity index (χ0n) is 16.9. The third-order valence-corrected chi connectivity index (χ3v) is 5.03. The number of carbonyl (C=O) groups excluding carboxylic acids is 1. The van der Waals surface area contributed by atoms with E-state index in [1.165, 1.54) is 12.8 Å². The molecule has 0 amide bonds. The number of hydrogen-bond donors (Lipinski definition) is 1. The first-order valence-corrected chi connectivity index (χ1v) is 9.36. The van der Waals surface area contributed by atoms with Gasteiger partial charge in [-0.25, -0.2) is 0 Å². The highest BCUT2D eigenvalue weighted by molar-refractivity contribution is 14.0. The second kappa shape index (κ2) is 12.0. The highest BCUT2D eigenvalue weighted by Crippen LogP contribution is 2.24. The summed E-state index contributed by atoms with van der Waals surface area (Å²) >= 11 is 0. The Kier molecular flexibility index (Phi) is 10.5. The van der Waals surface area contributed by atoms with Gasteiger partial charge in [0.25, 0.3) is 0 Å². The largest absolute Gasteiger partial charge is 0.469 e. The third-order valence-electron chi connectivity index (χ3n) is 5.03. The molecule has 1 N–H and O–H groups in total. The minimum atomic E-state index is -0.126. The fraction of sp³-hybridized carbons (Fsp3) is 0.600. The first-order valence-electron chi connectivity index (χ1n) is 9.36. The molecule has 0 aromatic heterocycles. The number of aliphatic imine (C=N–C) groups is 1. The topological polar surface area (TPSA) is 57.2 Å². The summed E-state index contributed by atoms with van der Waals surface area (Å²) < 4.78 is 4.91. The van der Waals surface area contributed by atoms with Crippen LogP contribution in [0.4, 0.5) is 5.69 Å². The van der Waals surface area contributed by atoms with Gasteiger partial charge in [0.15, 0.2) is 5.96 Å². The highest BCUT2D eigenvalue weighted by atomic mass is 127. The van der Waals surface area contributed by atoms with E-state index in [0.29, 0.717) is 6.54 Å². The molecule has 2 atom stereocenters. The lowest BCUT2D eigenvalue weighted by molar-refractivity contribution is -0.145. The number of likely N-dealkylation sites (tertiary alicyclic amines) is 1. The van der Waals surface area contributed by atoms with E-state index in [-0.39, 0.29) is 41.8 Å². The maximum absolute atomic E-state index is 11.8. The Morgan fingerprint density at radius 3 is 2.63 bits per heavy atom. The number of para-hydroxylation sites is 1. The monoisotopic (exact) mass is 488 g/mol. The van der Waals surface area contributed by atoms with Crippen molar-refractivity contribution in [2.45, 2.75) is 19.8 Å². The van der Waals surface area contributed by atoms with E-state index in [2.05, 4.69) is 58.3 Å². The zero-order chi connectivity index (χ0) is 18.9. The molecule has 2 unspecified atom stereocenters. The standard InChI is InChI=1S/C20H32N4O2.HI/c1-16-14-24(15-18(16)19(25)26-4)20(21-2)22-12-8-9-13-23(3)17-10-6-5-7-11-17;/h5-7,10-11,16,18H,8-9,12-15H2,1-4H3,(H,21,22);1H. The van der Waals surface area contributed by atoms with E-state index in [1.807, 2.05) is 6.07 Å². The molecule has 0 bridgehead atoms. The third kappa shape index (κ3) is 6.86. The molecule has 1 saturated heterocycles. The van der Waals surface area contributed by atoms with E-state index < -0.39 is 0 Å². The van der Waals surface area contributed by atoms with Gasteiger partial charge in [-0.3, -0.25) is 9.79 Å². The fourth-order valence-corrected chi connectivity index (χ4v) is 3.42. The van der Waals surface area contributed by atoms with Gasteiger partial charge < -0.3 is 19.9 Å². The smallest absolute Gasteiger partial charge is 0.310 e. The van der Waals surface area contributed by atoms with E-state index in [9.17, 15) is 4.79 Å². The number of nitrogens with one attached hydrogen (secondary N) is 1. The second-order valence-corrected chi connectivity index (χ2v) is 6.95. The Balaban J connectivity index is 0.00000364. The zero-order valence-corrected chi connectivity index (χ0v) is 19.2. The molecular weight excluding hydrogens is 455 g/mol. The van der Waals surface area contributed by atoms with Gasteiger partial charge in [0.05, 0.1) is 13.0 Å². The number of benzene rings is 1. The number of nitrogens with zero attached hydrogens (tertiary/aromatic N) is 3. The fourth-order valence-electron chi connectivity index (χ4n) is 3.42. The molecule has 6 nitrogen and oxygen atoms in total. The number of halogens is 1. The highest BCUT2D eigenvalue weighted by Gasteiger charge is 2.36. The van der Waals surface area contributed by atoms with Gasteiger partial charge in [-0.15, -0.1) is 24.0 Å². The number of unbranched alkanes of at least 4 members (excludes halogenated alkanes) is 1. The summed E-state index contributed by atoms with van der Waals surface area (Å²) in [7, 11) is 5.37. The number of rotatable bonds is 7. The number of methoxy groups -OCH3 is 1. The number of hydrogen-bond acceptors (Lipinski definition) is 4. The summed E-state index contributed by atoms with van der Waals surface area (Å²) in [6, 6.07) is 10.4. The van der Waals surface area contributed by atoms with Crippen molar-refractivity contribution in [2.75, 3.05) is 52.3 Å². The summed E-state index contributed by atoms with van der Waals surface area (Å²) in [5, 5.41) is 3.43. The first-order chi connectivity index (χ1) is 12.6. The predicted molar refractivity (Wildman–Crippen MR) is 122 cm³/mol. The minimum absolute atomic E-state index is 0. The average molecular weight is 488 g/mol. The van der Waals surface area contributed by atoms with Gasteiger partial charge in [-0.05, 0) is 30.9 Å². The summed E-state index contributed by atoms with van der Waals surface area (Å²) in [5.74, 6) is 0.956. The molecule has 1 aliphatic heterocycles. The van der Waals surface area contributed by atoms with E-state index in [1.54, 1.807) is 7.05 Å². The number of anilines is 1. The average Bonchev–Trinajstić information content (AvgIpc) is 3.06. The molecule has 2 rings (SSSR count). The van der Waals surface area contributed by atoms with Crippen LogP contribution in [0.2, 0.25) is 0 Å². The van der Waals surface area contributed by atoms with Crippen LogP contribution in [0.5, 0.6) is 0 Å². The summed E-state index contributed by atoms with van der Waals surface area (Å²) in [4.78, 5) is 20.7. The molecule has 7 heteroatoms. The molecule has 1 aliphatic rings. The van der Waals surface area contributed by atoms with Crippen LogP contribution in [0.25, 0.3) is 0 Å². The predicted octanol–water partition coefficient (Wildman–Crippen LogP) is 2.84. The van der Waals surface area contributed by atoms with Crippen molar-refractivity contribution in [2.24, 2.45) is 16.8 Å². The van der Waals surface area contributed by atoms with Crippen LogP contribution in [-0.4, -0.2) is 64.2 Å². The van der Waals surface area contributed by atoms with Crippen molar-refractivity contribution < 1.29 is 9.53 Å². The van der Waals surface area contributed by atoms with E-state index >= 15 is 0 Å². The van der Waals surface area contributed by atoms with Crippen molar-refractivity contribution in [1.29, 1.82) is 0 Å². The summed E-state index contributed by atoms with van der Waals surface area (Å²) in [5.41, 5.74) is 1.25. The van der Waals surface area contributed by atoms with Crippen molar-refractivity contribution in [3.8, 4) is 0 Å². The molecule has 1 aromatic rings. The van der Waals surface area contributed by atoms with Crippen molar-refractivity contribution >= 4 is 41.6 Å². The van der Waals surface area contributed by atoms with Crippen LogP contribution in [0.1, 0.15) is 19.8 Å².